The van der Waals surface area contributed by atoms with Gasteiger partial charge >= 0.3 is 0 Å². The lowest BCUT2D eigenvalue weighted by molar-refractivity contribution is 0.188. The van der Waals surface area contributed by atoms with Gasteiger partial charge in [0.25, 0.3) is 0 Å². The summed E-state index contributed by atoms with van der Waals surface area (Å²) in [7, 11) is 0. The Morgan fingerprint density at radius 2 is 1.88 bits per heavy atom. The van der Waals surface area contributed by atoms with E-state index in [4.69, 9.17) is 0 Å². The van der Waals surface area contributed by atoms with Gasteiger partial charge in [-0.05, 0) is 39.0 Å². The molecule has 1 aromatic carbocycles. The number of rotatable bonds is 2. The Morgan fingerprint density at radius 1 is 1.19 bits per heavy atom. The van der Waals surface area contributed by atoms with Crippen LogP contribution in [0.1, 0.15) is 38.6 Å². The SMILES string of the molecule is CC(O)c1cc2ccc(Br)cc2n1C(C)C. The second kappa shape index (κ2) is 4.22. The second-order valence-electron chi connectivity index (χ2n) is 4.41. The summed E-state index contributed by atoms with van der Waals surface area (Å²) in [5, 5.41) is 11.0. The minimum absolute atomic E-state index is 0.344. The zero-order valence-corrected chi connectivity index (χ0v) is 11.3. The lowest BCUT2D eigenvalue weighted by Gasteiger charge is -2.16. The number of aliphatic hydroxyl groups excluding tert-OH is 1. The maximum absolute atomic E-state index is 9.79. The molecule has 1 unspecified atom stereocenters. The molecule has 86 valence electrons. The molecule has 0 saturated carbocycles. The number of hydrogen-bond donors (Lipinski definition) is 1. The maximum atomic E-state index is 9.79. The van der Waals surface area contributed by atoms with Crippen LogP contribution in [-0.2, 0) is 0 Å². The first kappa shape index (κ1) is 11.7. The fraction of sp³-hybridized carbons (Fsp3) is 0.385. The first-order chi connectivity index (χ1) is 7.50. The molecule has 2 rings (SSSR count). The van der Waals surface area contributed by atoms with E-state index in [1.807, 2.05) is 13.0 Å². The van der Waals surface area contributed by atoms with E-state index >= 15 is 0 Å². The third kappa shape index (κ3) is 1.89. The lowest BCUT2D eigenvalue weighted by atomic mass is 10.2. The van der Waals surface area contributed by atoms with Crippen LogP contribution >= 0.6 is 15.9 Å². The van der Waals surface area contributed by atoms with Gasteiger partial charge in [0.15, 0.2) is 0 Å². The topological polar surface area (TPSA) is 25.2 Å². The molecular formula is C13H16BrNO. The molecule has 0 aliphatic carbocycles. The highest BCUT2D eigenvalue weighted by Gasteiger charge is 2.14. The number of halogens is 1. The van der Waals surface area contributed by atoms with E-state index in [1.165, 1.54) is 10.9 Å². The molecule has 0 radical (unpaired) electrons. The van der Waals surface area contributed by atoms with Crippen molar-refractivity contribution in [2.24, 2.45) is 0 Å². The monoisotopic (exact) mass is 281 g/mol. The second-order valence-corrected chi connectivity index (χ2v) is 5.33. The fourth-order valence-corrected chi connectivity index (χ4v) is 2.46. The van der Waals surface area contributed by atoms with Gasteiger partial charge in [-0.15, -0.1) is 0 Å². The van der Waals surface area contributed by atoms with Gasteiger partial charge in [0.1, 0.15) is 0 Å². The zero-order valence-electron chi connectivity index (χ0n) is 9.74. The van der Waals surface area contributed by atoms with Crippen LogP contribution in [-0.4, -0.2) is 9.67 Å². The number of benzene rings is 1. The predicted molar refractivity (Wildman–Crippen MR) is 70.7 cm³/mol. The summed E-state index contributed by atoms with van der Waals surface area (Å²) in [6.45, 7) is 6.07. The summed E-state index contributed by atoms with van der Waals surface area (Å²) >= 11 is 3.49. The molecule has 0 amide bonds. The Bertz CT molecular complexity index is 514. The largest absolute Gasteiger partial charge is 0.387 e. The number of aromatic nitrogens is 1. The third-order valence-corrected chi connectivity index (χ3v) is 3.27. The predicted octanol–water partition coefficient (Wildman–Crippen LogP) is 4.04. The maximum Gasteiger partial charge on any atom is 0.0912 e. The molecule has 2 nitrogen and oxygen atoms in total. The van der Waals surface area contributed by atoms with Gasteiger partial charge in [-0.2, -0.15) is 0 Å². The van der Waals surface area contributed by atoms with Gasteiger partial charge in [-0.1, -0.05) is 22.0 Å². The van der Waals surface area contributed by atoms with Gasteiger partial charge in [0, 0.05) is 27.1 Å². The average molecular weight is 282 g/mol. The van der Waals surface area contributed by atoms with Crippen LogP contribution < -0.4 is 0 Å². The standard InChI is InChI=1S/C13H16BrNO/c1-8(2)15-12(9(3)16)6-10-4-5-11(14)7-13(10)15/h4-9,16H,1-3H3. The van der Waals surface area contributed by atoms with E-state index in [0.717, 1.165) is 10.2 Å². The summed E-state index contributed by atoms with van der Waals surface area (Å²) in [5.74, 6) is 0. The van der Waals surface area contributed by atoms with Gasteiger partial charge in [0.2, 0.25) is 0 Å². The smallest absolute Gasteiger partial charge is 0.0912 e. The minimum atomic E-state index is -0.437. The number of hydrogen-bond acceptors (Lipinski definition) is 1. The molecule has 0 fully saturated rings. The Labute approximate surface area is 104 Å². The first-order valence-electron chi connectivity index (χ1n) is 5.49. The van der Waals surface area contributed by atoms with Crippen molar-refractivity contribution in [2.45, 2.75) is 32.9 Å². The van der Waals surface area contributed by atoms with E-state index in [1.54, 1.807) is 0 Å². The van der Waals surface area contributed by atoms with Crippen molar-refractivity contribution in [3.05, 3.63) is 34.4 Å². The van der Waals surface area contributed by atoms with Gasteiger partial charge in [0.05, 0.1) is 6.10 Å². The molecule has 1 heterocycles. The summed E-state index contributed by atoms with van der Waals surface area (Å²) in [6, 6.07) is 8.60. The summed E-state index contributed by atoms with van der Waals surface area (Å²) in [4.78, 5) is 0. The van der Waals surface area contributed by atoms with Crippen molar-refractivity contribution >= 4 is 26.8 Å². The highest BCUT2D eigenvalue weighted by molar-refractivity contribution is 9.10. The van der Waals surface area contributed by atoms with Crippen LogP contribution in [0.15, 0.2) is 28.7 Å². The first-order valence-corrected chi connectivity index (χ1v) is 6.28. The fourth-order valence-electron chi connectivity index (χ4n) is 2.11. The van der Waals surface area contributed by atoms with Crippen LogP contribution in [0.25, 0.3) is 10.9 Å². The molecule has 0 spiro atoms. The molecule has 1 atom stereocenters. The summed E-state index contributed by atoms with van der Waals surface area (Å²) in [5.41, 5.74) is 2.14. The normalized spacial score (nSPS) is 13.6. The van der Waals surface area contributed by atoms with Gasteiger partial charge < -0.3 is 9.67 Å². The van der Waals surface area contributed by atoms with Crippen molar-refractivity contribution in [1.29, 1.82) is 0 Å². The van der Waals surface area contributed by atoms with Crippen LogP contribution in [0, 0.1) is 0 Å². The Balaban J connectivity index is 2.77. The molecule has 1 N–H and O–H groups in total. The molecule has 2 aromatic rings. The third-order valence-electron chi connectivity index (χ3n) is 2.78. The van der Waals surface area contributed by atoms with E-state index in [-0.39, 0.29) is 0 Å². The summed E-state index contributed by atoms with van der Waals surface area (Å²) < 4.78 is 3.25. The molecule has 0 bridgehead atoms. The molecule has 16 heavy (non-hydrogen) atoms. The molecule has 0 aliphatic heterocycles. The highest BCUT2D eigenvalue weighted by Crippen LogP contribution is 2.29. The van der Waals surface area contributed by atoms with Crippen molar-refractivity contribution in [3.8, 4) is 0 Å². The summed E-state index contributed by atoms with van der Waals surface area (Å²) in [6.07, 6.45) is -0.437. The molecule has 1 aromatic heterocycles. The zero-order chi connectivity index (χ0) is 11.9. The average Bonchev–Trinajstić information content (AvgIpc) is 2.55. The van der Waals surface area contributed by atoms with E-state index in [2.05, 4.69) is 52.5 Å². The van der Waals surface area contributed by atoms with Gasteiger partial charge in [-0.25, -0.2) is 0 Å². The van der Waals surface area contributed by atoms with Crippen molar-refractivity contribution in [3.63, 3.8) is 0 Å². The lowest BCUT2D eigenvalue weighted by Crippen LogP contribution is -2.07. The van der Waals surface area contributed by atoms with Crippen molar-refractivity contribution in [1.82, 2.24) is 4.57 Å². The van der Waals surface area contributed by atoms with E-state index in [9.17, 15) is 5.11 Å². The van der Waals surface area contributed by atoms with E-state index < -0.39 is 6.10 Å². The van der Waals surface area contributed by atoms with Crippen LogP contribution in [0.4, 0.5) is 0 Å². The molecule has 0 aliphatic rings. The quantitative estimate of drug-likeness (QED) is 0.883. The molecule has 0 saturated heterocycles. The van der Waals surface area contributed by atoms with E-state index in [0.29, 0.717) is 6.04 Å². The Hall–Kier alpha value is -0.800. The molecule has 3 heteroatoms. The van der Waals surface area contributed by atoms with Crippen LogP contribution in [0.2, 0.25) is 0 Å². The van der Waals surface area contributed by atoms with Crippen LogP contribution in [0.5, 0.6) is 0 Å². The minimum Gasteiger partial charge on any atom is -0.387 e. The number of fused-ring (bicyclic) bond motifs is 1. The molecular weight excluding hydrogens is 266 g/mol. The Morgan fingerprint density at radius 3 is 2.44 bits per heavy atom. The highest BCUT2D eigenvalue weighted by atomic mass is 79.9. The van der Waals surface area contributed by atoms with Crippen LogP contribution in [0.3, 0.4) is 0 Å². The Kier molecular flexibility index (Phi) is 3.08. The number of nitrogens with zero attached hydrogens (tertiary/aromatic N) is 1. The number of aliphatic hydroxyl groups is 1. The van der Waals surface area contributed by atoms with Crippen molar-refractivity contribution in [2.75, 3.05) is 0 Å². The van der Waals surface area contributed by atoms with Gasteiger partial charge in [-0.3, -0.25) is 0 Å². The van der Waals surface area contributed by atoms with Crippen molar-refractivity contribution < 1.29 is 5.11 Å².